The Morgan fingerprint density at radius 3 is 2.95 bits per heavy atom. The van der Waals surface area contributed by atoms with Gasteiger partial charge >= 0.3 is 0 Å². The summed E-state index contributed by atoms with van der Waals surface area (Å²) in [4.78, 5) is 14.1. The number of ether oxygens (including phenoxy) is 2. The van der Waals surface area contributed by atoms with E-state index in [-0.39, 0.29) is 11.3 Å². The molecule has 2 aliphatic rings. The van der Waals surface area contributed by atoms with Gasteiger partial charge in [-0.15, -0.1) is 11.8 Å². The van der Waals surface area contributed by atoms with Crippen LogP contribution in [-0.4, -0.2) is 48.3 Å². The normalized spacial score (nSPS) is 20.9. The molecule has 1 atom stereocenters. The summed E-state index contributed by atoms with van der Waals surface area (Å²) >= 11 is 3.51. The van der Waals surface area contributed by atoms with Crippen molar-refractivity contribution in [2.45, 2.75) is 11.8 Å². The molecule has 21 heavy (non-hydrogen) atoms. The summed E-state index contributed by atoms with van der Waals surface area (Å²) in [6, 6.07) is 6.02. The number of carbonyl (C=O) groups excluding carboxylic acids is 1. The summed E-state index contributed by atoms with van der Waals surface area (Å²) in [6.07, 6.45) is 3.13. The molecule has 0 spiro atoms. The number of fused-ring (bicyclic) bond motifs is 1. The molecule has 6 heteroatoms. The van der Waals surface area contributed by atoms with Crippen molar-refractivity contribution in [3.05, 3.63) is 23.8 Å². The lowest BCUT2D eigenvalue weighted by Gasteiger charge is -2.26. The standard InChI is InChI=1S/C15H19NO3S2/c1-20-8-2-5-16-14(17)10-21-15(16)11-3-4-12-13(9-11)19-7-6-18-12/h3-4,9,15H,2,5-8,10H2,1H3. The Kier molecular flexibility index (Phi) is 4.85. The fourth-order valence-corrected chi connectivity index (χ4v) is 4.19. The zero-order valence-electron chi connectivity index (χ0n) is 12.0. The van der Waals surface area contributed by atoms with Gasteiger partial charge in [0.1, 0.15) is 18.6 Å². The number of nitrogens with zero attached hydrogens (tertiary/aromatic N) is 1. The lowest BCUT2D eigenvalue weighted by atomic mass is 10.1. The van der Waals surface area contributed by atoms with Crippen LogP contribution < -0.4 is 9.47 Å². The van der Waals surface area contributed by atoms with Gasteiger partial charge in [0, 0.05) is 6.54 Å². The van der Waals surface area contributed by atoms with Gasteiger partial charge < -0.3 is 14.4 Å². The van der Waals surface area contributed by atoms with Gasteiger partial charge in [0.15, 0.2) is 11.5 Å². The molecule has 3 rings (SSSR count). The van der Waals surface area contributed by atoms with Crippen molar-refractivity contribution in [2.75, 3.05) is 37.5 Å². The first-order valence-electron chi connectivity index (χ1n) is 7.09. The molecule has 0 aliphatic carbocycles. The molecular formula is C15H19NO3S2. The first-order valence-corrected chi connectivity index (χ1v) is 9.53. The van der Waals surface area contributed by atoms with Crippen LogP contribution >= 0.6 is 23.5 Å². The van der Waals surface area contributed by atoms with E-state index in [4.69, 9.17) is 9.47 Å². The topological polar surface area (TPSA) is 38.8 Å². The van der Waals surface area contributed by atoms with E-state index >= 15 is 0 Å². The van der Waals surface area contributed by atoms with Gasteiger partial charge in [-0.2, -0.15) is 11.8 Å². The highest BCUT2D eigenvalue weighted by molar-refractivity contribution is 8.00. The molecule has 1 unspecified atom stereocenters. The minimum atomic E-state index is 0.107. The van der Waals surface area contributed by atoms with E-state index in [0.29, 0.717) is 19.0 Å². The van der Waals surface area contributed by atoms with Gasteiger partial charge in [0.25, 0.3) is 0 Å². The molecule has 1 saturated heterocycles. The van der Waals surface area contributed by atoms with Crippen LogP contribution in [0.3, 0.4) is 0 Å². The Morgan fingerprint density at radius 1 is 1.33 bits per heavy atom. The van der Waals surface area contributed by atoms with Crippen molar-refractivity contribution < 1.29 is 14.3 Å². The SMILES string of the molecule is CSCCCN1C(=O)CSC1c1ccc2c(c1)OCCO2. The molecule has 4 nitrogen and oxygen atoms in total. The Bertz CT molecular complexity index is 524. The zero-order valence-corrected chi connectivity index (χ0v) is 13.7. The highest BCUT2D eigenvalue weighted by atomic mass is 32.2. The van der Waals surface area contributed by atoms with Gasteiger partial charge in [0.2, 0.25) is 5.91 Å². The molecule has 0 aromatic heterocycles. The summed E-state index contributed by atoms with van der Waals surface area (Å²) in [7, 11) is 0. The van der Waals surface area contributed by atoms with Gasteiger partial charge in [-0.05, 0) is 36.1 Å². The Labute approximate surface area is 133 Å². The Balaban J connectivity index is 1.76. The van der Waals surface area contributed by atoms with Crippen LogP contribution in [0.5, 0.6) is 11.5 Å². The van der Waals surface area contributed by atoms with Crippen molar-refractivity contribution in [3.8, 4) is 11.5 Å². The third-order valence-electron chi connectivity index (χ3n) is 3.57. The van der Waals surface area contributed by atoms with Crippen molar-refractivity contribution in [2.24, 2.45) is 0 Å². The van der Waals surface area contributed by atoms with Gasteiger partial charge in [0.05, 0.1) is 5.75 Å². The van der Waals surface area contributed by atoms with Crippen LogP contribution in [0.25, 0.3) is 0 Å². The lowest BCUT2D eigenvalue weighted by Crippen LogP contribution is -2.29. The fourth-order valence-electron chi connectivity index (χ4n) is 2.56. The average molecular weight is 325 g/mol. The summed E-state index contributed by atoms with van der Waals surface area (Å²) in [5, 5.41) is 0.107. The first kappa shape index (κ1) is 14.9. The van der Waals surface area contributed by atoms with Crippen LogP contribution in [0.2, 0.25) is 0 Å². The molecule has 0 bridgehead atoms. The number of rotatable bonds is 5. The maximum Gasteiger partial charge on any atom is 0.233 e. The second-order valence-corrected chi connectivity index (χ2v) is 7.05. The number of hydrogen-bond donors (Lipinski definition) is 0. The monoisotopic (exact) mass is 325 g/mol. The van der Waals surface area contributed by atoms with E-state index in [9.17, 15) is 4.79 Å². The second-order valence-electron chi connectivity index (χ2n) is 5.00. The van der Waals surface area contributed by atoms with Crippen LogP contribution in [0.15, 0.2) is 18.2 Å². The van der Waals surface area contributed by atoms with Crippen molar-refractivity contribution in [1.82, 2.24) is 4.90 Å². The number of thioether (sulfide) groups is 2. The summed E-state index contributed by atoms with van der Waals surface area (Å²) in [6.45, 7) is 2.01. The smallest absolute Gasteiger partial charge is 0.233 e. The molecule has 0 saturated carbocycles. The summed E-state index contributed by atoms with van der Waals surface area (Å²) < 4.78 is 11.2. The van der Waals surface area contributed by atoms with Crippen LogP contribution in [0, 0.1) is 0 Å². The highest BCUT2D eigenvalue weighted by Crippen LogP contribution is 2.42. The van der Waals surface area contributed by atoms with E-state index in [1.165, 1.54) is 0 Å². The summed E-state index contributed by atoms with van der Waals surface area (Å²) in [5.74, 6) is 3.48. The molecule has 1 fully saturated rings. The predicted octanol–water partition coefficient (Wildman–Crippen LogP) is 2.78. The molecule has 1 amide bonds. The molecular weight excluding hydrogens is 306 g/mol. The maximum absolute atomic E-state index is 12.1. The van der Waals surface area contributed by atoms with Gasteiger partial charge in [-0.3, -0.25) is 4.79 Å². The fraction of sp³-hybridized carbons (Fsp3) is 0.533. The van der Waals surface area contributed by atoms with Gasteiger partial charge in [-0.1, -0.05) is 6.07 Å². The number of hydrogen-bond acceptors (Lipinski definition) is 5. The minimum absolute atomic E-state index is 0.107. The number of carbonyl (C=O) groups is 1. The first-order chi connectivity index (χ1) is 10.3. The van der Waals surface area contributed by atoms with E-state index in [1.807, 2.05) is 34.9 Å². The quantitative estimate of drug-likeness (QED) is 0.779. The Morgan fingerprint density at radius 2 is 2.14 bits per heavy atom. The molecule has 2 aliphatic heterocycles. The van der Waals surface area contributed by atoms with E-state index in [1.54, 1.807) is 11.8 Å². The molecule has 2 heterocycles. The summed E-state index contributed by atoms with van der Waals surface area (Å²) in [5.41, 5.74) is 1.12. The minimum Gasteiger partial charge on any atom is -0.486 e. The molecule has 1 aromatic carbocycles. The molecule has 1 aromatic rings. The van der Waals surface area contributed by atoms with Crippen LogP contribution in [0.4, 0.5) is 0 Å². The van der Waals surface area contributed by atoms with Crippen LogP contribution in [0.1, 0.15) is 17.4 Å². The average Bonchev–Trinajstić information content (AvgIpc) is 2.88. The Hall–Kier alpha value is -1.01. The maximum atomic E-state index is 12.1. The number of amides is 1. The molecule has 0 radical (unpaired) electrons. The molecule has 0 N–H and O–H groups in total. The van der Waals surface area contributed by atoms with Crippen molar-refractivity contribution >= 4 is 29.4 Å². The largest absolute Gasteiger partial charge is 0.486 e. The zero-order chi connectivity index (χ0) is 14.7. The lowest BCUT2D eigenvalue weighted by molar-refractivity contribution is -0.128. The van der Waals surface area contributed by atoms with E-state index in [2.05, 4.69) is 6.26 Å². The second kappa shape index (κ2) is 6.83. The van der Waals surface area contributed by atoms with Gasteiger partial charge in [-0.25, -0.2) is 0 Å². The van der Waals surface area contributed by atoms with Crippen molar-refractivity contribution in [1.29, 1.82) is 0 Å². The van der Waals surface area contributed by atoms with Crippen molar-refractivity contribution in [3.63, 3.8) is 0 Å². The predicted molar refractivity (Wildman–Crippen MR) is 87.3 cm³/mol. The highest BCUT2D eigenvalue weighted by Gasteiger charge is 2.33. The number of benzene rings is 1. The van der Waals surface area contributed by atoms with Crippen LogP contribution in [-0.2, 0) is 4.79 Å². The third kappa shape index (κ3) is 3.26. The molecule has 114 valence electrons. The van der Waals surface area contributed by atoms with E-state index < -0.39 is 0 Å². The van der Waals surface area contributed by atoms with E-state index in [0.717, 1.165) is 35.8 Å². The third-order valence-corrected chi connectivity index (χ3v) is 5.52.